The Morgan fingerprint density at radius 2 is 1.90 bits per heavy atom. The van der Waals surface area contributed by atoms with Crippen LogP contribution in [0.25, 0.3) is 0 Å². The standard InChI is InChI=1S/C16H24O4/c1-15(5-3-9-11(7-15)19-9)8-16(2)6-4-10-13(20-10)12(16)14(17)18/h9-13H,3-8H2,1-2H3,(H,17,18). The van der Waals surface area contributed by atoms with Crippen molar-refractivity contribution in [3.8, 4) is 0 Å². The highest BCUT2D eigenvalue weighted by molar-refractivity contribution is 5.72. The second kappa shape index (κ2) is 3.98. The van der Waals surface area contributed by atoms with Crippen LogP contribution in [0, 0.1) is 16.7 Å². The van der Waals surface area contributed by atoms with Gasteiger partial charge in [-0.05, 0) is 49.4 Å². The van der Waals surface area contributed by atoms with Gasteiger partial charge >= 0.3 is 5.97 Å². The molecule has 0 spiro atoms. The third kappa shape index (κ3) is 2.00. The first-order valence-corrected chi connectivity index (χ1v) is 7.94. The van der Waals surface area contributed by atoms with E-state index in [1.807, 2.05) is 0 Å². The maximum Gasteiger partial charge on any atom is 0.309 e. The summed E-state index contributed by atoms with van der Waals surface area (Å²) >= 11 is 0. The Bertz CT molecular complexity index is 450. The van der Waals surface area contributed by atoms with Crippen LogP contribution < -0.4 is 0 Å². The predicted molar refractivity (Wildman–Crippen MR) is 72.4 cm³/mol. The fourth-order valence-electron chi connectivity index (χ4n) is 5.17. The lowest BCUT2D eigenvalue weighted by Crippen LogP contribution is -2.45. The smallest absolute Gasteiger partial charge is 0.309 e. The van der Waals surface area contributed by atoms with Gasteiger partial charge in [0.05, 0.1) is 30.3 Å². The highest BCUT2D eigenvalue weighted by Gasteiger charge is 2.61. The molecule has 7 atom stereocenters. The van der Waals surface area contributed by atoms with Crippen LogP contribution in [0.1, 0.15) is 52.4 Å². The number of carboxylic acid groups (broad SMARTS) is 1. The third-order valence-corrected chi connectivity index (χ3v) is 6.21. The number of fused-ring (bicyclic) bond motifs is 2. The number of carboxylic acids is 1. The molecule has 4 rings (SSSR count). The second-order valence-electron chi connectivity index (χ2n) is 8.09. The summed E-state index contributed by atoms with van der Waals surface area (Å²) in [6, 6.07) is 0. The van der Waals surface area contributed by atoms with E-state index in [-0.39, 0.29) is 29.0 Å². The molecule has 0 aromatic carbocycles. The van der Waals surface area contributed by atoms with Crippen molar-refractivity contribution in [1.29, 1.82) is 0 Å². The van der Waals surface area contributed by atoms with Crippen LogP contribution in [0.15, 0.2) is 0 Å². The molecule has 4 fully saturated rings. The molecular weight excluding hydrogens is 256 g/mol. The Kier molecular flexibility index (Phi) is 2.60. The summed E-state index contributed by atoms with van der Waals surface area (Å²) in [5.41, 5.74) is 0.113. The number of hydrogen-bond acceptors (Lipinski definition) is 3. The van der Waals surface area contributed by atoms with Crippen LogP contribution in [0.3, 0.4) is 0 Å². The Morgan fingerprint density at radius 3 is 2.60 bits per heavy atom. The van der Waals surface area contributed by atoms with E-state index in [9.17, 15) is 9.90 Å². The fraction of sp³-hybridized carbons (Fsp3) is 0.938. The highest BCUT2D eigenvalue weighted by atomic mass is 16.6. The third-order valence-electron chi connectivity index (χ3n) is 6.21. The van der Waals surface area contributed by atoms with Gasteiger partial charge in [-0.3, -0.25) is 4.79 Å². The molecule has 0 aromatic heterocycles. The van der Waals surface area contributed by atoms with Crippen LogP contribution >= 0.6 is 0 Å². The maximum absolute atomic E-state index is 11.7. The molecule has 4 heteroatoms. The Balaban J connectivity index is 1.54. The molecule has 2 aliphatic heterocycles. The molecule has 112 valence electrons. The van der Waals surface area contributed by atoms with E-state index in [0.29, 0.717) is 12.2 Å². The van der Waals surface area contributed by atoms with Gasteiger partial charge in [0.15, 0.2) is 0 Å². The van der Waals surface area contributed by atoms with Crippen LogP contribution in [-0.2, 0) is 14.3 Å². The molecule has 20 heavy (non-hydrogen) atoms. The van der Waals surface area contributed by atoms with Gasteiger partial charge in [-0.2, -0.15) is 0 Å². The van der Waals surface area contributed by atoms with Crippen LogP contribution in [0.4, 0.5) is 0 Å². The van der Waals surface area contributed by atoms with Gasteiger partial charge in [0.25, 0.3) is 0 Å². The van der Waals surface area contributed by atoms with E-state index in [0.717, 1.165) is 32.1 Å². The largest absolute Gasteiger partial charge is 0.481 e. The number of carbonyl (C=O) groups is 1. The van der Waals surface area contributed by atoms with Crippen molar-refractivity contribution in [2.45, 2.75) is 76.8 Å². The summed E-state index contributed by atoms with van der Waals surface area (Å²) < 4.78 is 11.3. The Labute approximate surface area is 119 Å². The molecule has 2 heterocycles. The minimum atomic E-state index is -0.667. The summed E-state index contributed by atoms with van der Waals surface area (Å²) in [4.78, 5) is 11.7. The molecule has 2 saturated carbocycles. The summed E-state index contributed by atoms with van der Waals surface area (Å²) in [7, 11) is 0. The molecular formula is C16H24O4. The van der Waals surface area contributed by atoms with Crippen LogP contribution in [-0.4, -0.2) is 35.5 Å². The molecule has 2 saturated heterocycles. The molecule has 0 amide bonds. The summed E-state index contributed by atoms with van der Waals surface area (Å²) in [5.74, 6) is -0.990. The van der Waals surface area contributed by atoms with Crippen molar-refractivity contribution in [2.75, 3.05) is 0 Å². The van der Waals surface area contributed by atoms with Gasteiger partial charge < -0.3 is 14.6 Å². The van der Waals surface area contributed by atoms with Gasteiger partial charge in [0.1, 0.15) is 0 Å². The first-order valence-electron chi connectivity index (χ1n) is 7.94. The highest BCUT2D eigenvalue weighted by Crippen LogP contribution is 2.58. The van der Waals surface area contributed by atoms with Crippen molar-refractivity contribution >= 4 is 5.97 Å². The van der Waals surface area contributed by atoms with Gasteiger partial charge in [0, 0.05) is 0 Å². The summed E-state index contributed by atoms with van der Waals surface area (Å²) in [5, 5.41) is 9.64. The van der Waals surface area contributed by atoms with Crippen molar-refractivity contribution in [3.05, 3.63) is 0 Å². The van der Waals surface area contributed by atoms with Crippen molar-refractivity contribution in [3.63, 3.8) is 0 Å². The van der Waals surface area contributed by atoms with Crippen molar-refractivity contribution < 1.29 is 19.4 Å². The first-order chi connectivity index (χ1) is 9.40. The van der Waals surface area contributed by atoms with Gasteiger partial charge in [-0.25, -0.2) is 0 Å². The van der Waals surface area contributed by atoms with E-state index < -0.39 is 5.97 Å². The molecule has 4 nitrogen and oxygen atoms in total. The monoisotopic (exact) mass is 280 g/mol. The lowest BCUT2D eigenvalue weighted by molar-refractivity contribution is -0.149. The number of ether oxygens (including phenoxy) is 2. The predicted octanol–water partition coefficient (Wildman–Crippen LogP) is 2.60. The van der Waals surface area contributed by atoms with Crippen LogP contribution in [0.5, 0.6) is 0 Å². The zero-order chi connectivity index (χ0) is 14.1. The fourth-order valence-corrected chi connectivity index (χ4v) is 5.17. The van der Waals surface area contributed by atoms with Crippen molar-refractivity contribution in [2.24, 2.45) is 16.7 Å². The van der Waals surface area contributed by atoms with E-state index in [4.69, 9.17) is 9.47 Å². The number of epoxide rings is 2. The van der Waals surface area contributed by atoms with E-state index >= 15 is 0 Å². The maximum atomic E-state index is 11.7. The molecule has 1 N–H and O–H groups in total. The zero-order valence-corrected chi connectivity index (χ0v) is 12.3. The number of rotatable bonds is 3. The van der Waals surface area contributed by atoms with Gasteiger partial charge in [0.2, 0.25) is 0 Å². The minimum Gasteiger partial charge on any atom is -0.481 e. The topological polar surface area (TPSA) is 62.4 Å². The second-order valence-corrected chi connectivity index (χ2v) is 8.09. The van der Waals surface area contributed by atoms with Gasteiger partial charge in [-0.1, -0.05) is 13.8 Å². The average molecular weight is 280 g/mol. The quantitative estimate of drug-likeness (QED) is 0.807. The van der Waals surface area contributed by atoms with Gasteiger partial charge in [-0.15, -0.1) is 0 Å². The Hall–Kier alpha value is -0.610. The zero-order valence-electron chi connectivity index (χ0n) is 12.3. The molecule has 0 radical (unpaired) electrons. The SMILES string of the molecule is CC1(CC2(C)CCC3OC3C2C(=O)O)CCC2OC2C1. The first kappa shape index (κ1) is 13.1. The lowest BCUT2D eigenvalue weighted by atomic mass is 9.58. The lowest BCUT2D eigenvalue weighted by Gasteiger charge is -2.45. The molecule has 2 aliphatic carbocycles. The number of hydrogen-bond donors (Lipinski definition) is 1. The summed E-state index contributed by atoms with van der Waals surface area (Å²) in [6.45, 7) is 4.50. The normalized spacial score (nSPS) is 56.6. The summed E-state index contributed by atoms with van der Waals surface area (Å²) in [6.07, 6.45) is 7.60. The average Bonchev–Trinajstić information content (AvgIpc) is 3.20. The van der Waals surface area contributed by atoms with Crippen LogP contribution in [0.2, 0.25) is 0 Å². The number of aliphatic carboxylic acids is 1. The van der Waals surface area contributed by atoms with E-state index in [1.165, 1.54) is 6.42 Å². The molecule has 4 aliphatic rings. The minimum absolute atomic E-state index is 0.0247. The van der Waals surface area contributed by atoms with E-state index in [1.54, 1.807) is 0 Å². The molecule has 7 unspecified atom stereocenters. The Morgan fingerprint density at radius 1 is 1.15 bits per heavy atom. The molecule has 0 bridgehead atoms. The van der Waals surface area contributed by atoms with E-state index in [2.05, 4.69) is 13.8 Å². The van der Waals surface area contributed by atoms with Crippen molar-refractivity contribution in [1.82, 2.24) is 0 Å². The molecule has 0 aromatic rings.